The van der Waals surface area contributed by atoms with E-state index in [0.717, 1.165) is 48.8 Å². The first kappa shape index (κ1) is 20.5. The first-order valence-corrected chi connectivity index (χ1v) is 11.1. The fourth-order valence-electron chi connectivity index (χ4n) is 4.54. The van der Waals surface area contributed by atoms with Crippen molar-refractivity contribution in [2.45, 2.75) is 31.7 Å². The van der Waals surface area contributed by atoms with E-state index in [9.17, 15) is 9.18 Å². The average Bonchev–Trinajstić information content (AvgIpc) is 3.17. The Morgan fingerprint density at radius 2 is 1.84 bits per heavy atom. The van der Waals surface area contributed by atoms with Crippen LogP contribution in [0.1, 0.15) is 33.6 Å². The smallest absolute Gasteiger partial charge is 0.255 e. The van der Waals surface area contributed by atoms with Gasteiger partial charge >= 0.3 is 0 Å². The Bertz CT molecular complexity index is 1230. The summed E-state index contributed by atoms with van der Waals surface area (Å²) in [6, 6.07) is 22.5. The van der Waals surface area contributed by atoms with E-state index in [1.54, 1.807) is 0 Å². The molecule has 4 aromatic rings. The highest BCUT2D eigenvalue weighted by atomic mass is 19.1. The van der Waals surface area contributed by atoms with Crippen molar-refractivity contribution in [3.05, 3.63) is 101 Å². The highest BCUT2D eigenvalue weighted by Gasteiger charge is 2.22. The zero-order valence-corrected chi connectivity index (χ0v) is 17.8. The molecule has 0 aliphatic heterocycles. The van der Waals surface area contributed by atoms with E-state index < -0.39 is 0 Å². The Morgan fingerprint density at radius 3 is 2.66 bits per heavy atom. The molecule has 4 nitrogen and oxygen atoms in total. The summed E-state index contributed by atoms with van der Waals surface area (Å²) in [6.45, 7) is 0.964. The van der Waals surface area contributed by atoms with E-state index in [-0.39, 0.29) is 11.7 Å². The highest BCUT2D eigenvalue weighted by Crippen LogP contribution is 2.31. The van der Waals surface area contributed by atoms with Crippen LogP contribution in [0, 0.1) is 5.82 Å². The Balaban J connectivity index is 1.28. The first-order chi connectivity index (χ1) is 15.7. The topological polar surface area (TPSA) is 56.9 Å². The Labute approximate surface area is 186 Å². The molecule has 0 spiro atoms. The van der Waals surface area contributed by atoms with Gasteiger partial charge in [0.05, 0.1) is 0 Å². The quantitative estimate of drug-likeness (QED) is 0.394. The van der Waals surface area contributed by atoms with Gasteiger partial charge in [-0.3, -0.25) is 4.79 Å². The molecule has 1 amide bonds. The summed E-state index contributed by atoms with van der Waals surface area (Å²) in [5, 5.41) is 7.82. The van der Waals surface area contributed by atoms with Gasteiger partial charge in [0.1, 0.15) is 5.82 Å². The molecule has 0 fully saturated rings. The van der Waals surface area contributed by atoms with Crippen molar-refractivity contribution in [2.75, 3.05) is 11.9 Å². The third-order valence-electron chi connectivity index (χ3n) is 6.24. The van der Waals surface area contributed by atoms with Crippen LogP contribution in [0.15, 0.2) is 72.8 Å². The summed E-state index contributed by atoms with van der Waals surface area (Å²) >= 11 is 0. The van der Waals surface area contributed by atoms with Gasteiger partial charge in [-0.15, -0.1) is 0 Å². The number of carbonyl (C=O) groups excluding carboxylic acids is 1. The Kier molecular flexibility index (Phi) is 5.73. The molecule has 0 saturated heterocycles. The van der Waals surface area contributed by atoms with Crippen LogP contribution in [-0.2, 0) is 19.3 Å². The molecule has 0 saturated carbocycles. The van der Waals surface area contributed by atoms with Crippen LogP contribution in [0.2, 0.25) is 0 Å². The summed E-state index contributed by atoms with van der Waals surface area (Å²) in [4.78, 5) is 16.1. The van der Waals surface area contributed by atoms with Crippen LogP contribution >= 0.6 is 0 Å². The molecule has 3 N–H and O–H groups in total. The number of halogens is 1. The van der Waals surface area contributed by atoms with Crippen LogP contribution in [0.3, 0.4) is 0 Å². The van der Waals surface area contributed by atoms with Crippen molar-refractivity contribution in [1.82, 2.24) is 10.3 Å². The minimum atomic E-state index is -0.353. The van der Waals surface area contributed by atoms with Crippen LogP contribution in [0.4, 0.5) is 10.1 Å². The second-order valence-corrected chi connectivity index (χ2v) is 8.43. The SMILES string of the molecule is O=C(Nc1ccc2[nH]c3c(c2c1)CC(NCCc1ccccc1)CC3)c1ccc(F)cc1. The van der Waals surface area contributed by atoms with Crippen LogP contribution in [0.5, 0.6) is 0 Å². The van der Waals surface area contributed by atoms with Gasteiger partial charge in [0.2, 0.25) is 0 Å². The van der Waals surface area contributed by atoms with Gasteiger partial charge in [0, 0.05) is 33.9 Å². The maximum atomic E-state index is 13.1. The monoisotopic (exact) mass is 427 g/mol. The second-order valence-electron chi connectivity index (χ2n) is 8.43. The van der Waals surface area contributed by atoms with E-state index in [1.807, 2.05) is 24.3 Å². The molecule has 1 aliphatic rings. The molecule has 5 heteroatoms. The van der Waals surface area contributed by atoms with Gasteiger partial charge in [-0.25, -0.2) is 4.39 Å². The van der Waals surface area contributed by atoms with E-state index in [0.29, 0.717) is 11.6 Å². The molecule has 1 unspecified atom stereocenters. The Morgan fingerprint density at radius 1 is 1.03 bits per heavy atom. The van der Waals surface area contributed by atoms with Crippen molar-refractivity contribution in [3.63, 3.8) is 0 Å². The van der Waals surface area contributed by atoms with Crippen molar-refractivity contribution in [2.24, 2.45) is 0 Å². The number of hydrogen-bond acceptors (Lipinski definition) is 2. The molecule has 0 radical (unpaired) electrons. The number of aromatic nitrogens is 1. The summed E-state index contributed by atoms with van der Waals surface area (Å²) in [5.41, 5.74) is 6.26. The number of H-pyrrole nitrogens is 1. The number of aromatic amines is 1. The van der Waals surface area contributed by atoms with Gasteiger partial charge in [-0.05, 0) is 85.8 Å². The molecular formula is C27H26FN3O. The van der Waals surface area contributed by atoms with E-state index in [2.05, 4.69) is 39.9 Å². The lowest BCUT2D eigenvalue weighted by Gasteiger charge is -2.24. The molecular weight excluding hydrogens is 401 g/mol. The van der Waals surface area contributed by atoms with Crippen LogP contribution < -0.4 is 10.6 Å². The third-order valence-corrected chi connectivity index (χ3v) is 6.24. The zero-order valence-electron chi connectivity index (χ0n) is 17.8. The fourth-order valence-corrected chi connectivity index (χ4v) is 4.54. The maximum Gasteiger partial charge on any atom is 0.255 e. The number of fused-ring (bicyclic) bond motifs is 3. The fraction of sp³-hybridized carbons (Fsp3) is 0.222. The average molecular weight is 428 g/mol. The Hall–Kier alpha value is -3.44. The number of aryl methyl sites for hydroxylation is 1. The lowest BCUT2D eigenvalue weighted by molar-refractivity contribution is 0.102. The number of amides is 1. The number of carbonyl (C=O) groups is 1. The molecule has 1 aliphatic carbocycles. The molecule has 1 heterocycles. The number of nitrogens with one attached hydrogen (secondary N) is 3. The highest BCUT2D eigenvalue weighted by molar-refractivity contribution is 6.05. The third kappa shape index (κ3) is 4.43. The van der Waals surface area contributed by atoms with Crippen LogP contribution in [-0.4, -0.2) is 23.5 Å². The van der Waals surface area contributed by atoms with Crippen molar-refractivity contribution < 1.29 is 9.18 Å². The number of hydrogen-bond donors (Lipinski definition) is 3. The number of benzene rings is 3. The largest absolute Gasteiger partial charge is 0.358 e. The van der Waals surface area contributed by atoms with Crippen molar-refractivity contribution in [1.29, 1.82) is 0 Å². The van der Waals surface area contributed by atoms with Gasteiger partial charge in [0.15, 0.2) is 0 Å². The first-order valence-electron chi connectivity index (χ1n) is 11.1. The predicted molar refractivity (Wildman–Crippen MR) is 127 cm³/mol. The van der Waals surface area contributed by atoms with Gasteiger partial charge in [0.25, 0.3) is 5.91 Å². The minimum absolute atomic E-state index is 0.241. The van der Waals surface area contributed by atoms with Crippen molar-refractivity contribution >= 4 is 22.5 Å². The van der Waals surface area contributed by atoms with E-state index in [4.69, 9.17) is 0 Å². The van der Waals surface area contributed by atoms with Gasteiger partial charge in [-0.1, -0.05) is 30.3 Å². The summed E-state index contributed by atoms with van der Waals surface area (Å²) in [6.07, 6.45) is 4.13. The zero-order chi connectivity index (χ0) is 21.9. The van der Waals surface area contributed by atoms with E-state index >= 15 is 0 Å². The minimum Gasteiger partial charge on any atom is -0.358 e. The van der Waals surface area contributed by atoms with Gasteiger partial charge < -0.3 is 15.6 Å². The lowest BCUT2D eigenvalue weighted by atomic mass is 9.91. The number of rotatable bonds is 6. The summed E-state index contributed by atoms with van der Waals surface area (Å²) in [7, 11) is 0. The van der Waals surface area contributed by atoms with Crippen molar-refractivity contribution in [3.8, 4) is 0 Å². The predicted octanol–water partition coefficient (Wildman–Crippen LogP) is 5.25. The molecule has 3 aromatic carbocycles. The second kappa shape index (κ2) is 8.97. The van der Waals surface area contributed by atoms with E-state index in [1.165, 1.54) is 41.1 Å². The molecule has 162 valence electrons. The number of anilines is 1. The molecule has 0 bridgehead atoms. The van der Waals surface area contributed by atoms with Crippen LogP contribution in [0.25, 0.3) is 10.9 Å². The molecule has 5 rings (SSSR count). The summed E-state index contributed by atoms with van der Waals surface area (Å²) in [5.74, 6) is -0.594. The molecule has 1 aromatic heterocycles. The standard InChI is InChI=1S/C27H26FN3O/c28-20-8-6-19(7-9-20)27(32)30-22-11-13-26-24(17-22)23-16-21(10-12-25(23)31-26)29-15-14-18-4-2-1-3-5-18/h1-9,11,13,17,21,29,31H,10,12,14-16H2,(H,30,32). The molecule has 32 heavy (non-hydrogen) atoms. The molecule has 1 atom stereocenters. The summed E-state index contributed by atoms with van der Waals surface area (Å²) < 4.78 is 13.1. The van der Waals surface area contributed by atoms with Gasteiger partial charge in [-0.2, -0.15) is 0 Å². The normalized spacial score (nSPS) is 15.5. The lowest BCUT2D eigenvalue weighted by Crippen LogP contribution is -2.35. The maximum absolute atomic E-state index is 13.1.